The van der Waals surface area contributed by atoms with E-state index in [1.165, 1.54) is 5.57 Å². The minimum atomic E-state index is -0.445. The third-order valence-corrected chi connectivity index (χ3v) is 4.29. The molecular formula is C19H32N4O2. The second kappa shape index (κ2) is 8.52. The Morgan fingerprint density at radius 3 is 2.68 bits per heavy atom. The number of rotatable bonds is 6. The van der Waals surface area contributed by atoms with Gasteiger partial charge in [0.25, 0.3) is 0 Å². The van der Waals surface area contributed by atoms with Crippen LogP contribution in [-0.4, -0.2) is 52.1 Å². The molecule has 1 aromatic heterocycles. The molecule has 1 atom stereocenters. The Bertz CT molecular complexity index is 573. The van der Waals surface area contributed by atoms with Gasteiger partial charge in [0.05, 0.1) is 6.54 Å². The summed E-state index contributed by atoms with van der Waals surface area (Å²) in [5.41, 5.74) is 0.908. The van der Waals surface area contributed by atoms with E-state index < -0.39 is 5.60 Å². The van der Waals surface area contributed by atoms with Crippen LogP contribution in [0, 0.1) is 5.92 Å². The molecule has 0 fully saturated rings. The lowest BCUT2D eigenvalue weighted by Crippen LogP contribution is -2.42. The van der Waals surface area contributed by atoms with Gasteiger partial charge in [-0.25, -0.2) is 4.79 Å². The van der Waals surface area contributed by atoms with Crippen molar-refractivity contribution in [2.24, 2.45) is 5.92 Å². The molecule has 1 unspecified atom stereocenters. The highest BCUT2D eigenvalue weighted by atomic mass is 16.6. The second-order valence-corrected chi connectivity index (χ2v) is 8.00. The first-order valence-corrected chi connectivity index (χ1v) is 9.11. The molecule has 0 aliphatic carbocycles. The van der Waals surface area contributed by atoms with E-state index in [2.05, 4.69) is 30.3 Å². The molecule has 25 heavy (non-hydrogen) atoms. The maximum absolute atomic E-state index is 12.1. The number of carbonyl (C=O) groups is 1. The van der Waals surface area contributed by atoms with Gasteiger partial charge in [0.15, 0.2) is 0 Å². The van der Waals surface area contributed by atoms with Crippen LogP contribution in [0.1, 0.15) is 41.0 Å². The van der Waals surface area contributed by atoms with Crippen LogP contribution in [0.15, 0.2) is 30.1 Å². The van der Waals surface area contributed by atoms with Crippen molar-refractivity contribution in [1.29, 1.82) is 0 Å². The Morgan fingerprint density at radius 1 is 1.40 bits per heavy atom. The molecule has 1 aliphatic heterocycles. The van der Waals surface area contributed by atoms with E-state index in [1.807, 2.05) is 43.9 Å². The van der Waals surface area contributed by atoms with E-state index in [4.69, 9.17) is 4.74 Å². The maximum Gasteiger partial charge on any atom is 0.410 e. The zero-order valence-electron chi connectivity index (χ0n) is 16.2. The molecule has 0 aromatic carbocycles. The fourth-order valence-corrected chi connectivity index (χ4v) is 2.75. The van der Waals surface area contributed by atoms with Crippen molar-refractivity contribution in [3.05, 3.63) is 30.1 Å². The van der Waals surface area contributed by atoms with Crippen molar-refractivity contribution in [2.45, 2.75) is 59.2 Å². The standard InChI is InChI=1S/C19H32N4O2/c1-15(2)17(14-23-10-6-9-21-23)20-13-16-7-11-22(12-8-16)18(24)25-19(3,4)5/h6-7,9-10,15,17,20H,8,11-14H2,1-5H3. The van der Waals surface area contributed by atoms with E-state index in [9.17, 15) is 4.79 Å². The third-order valence-electron chi connectivity index (χ3n) is 4.29. The predicted octanol–water partition coefficient (Wildman–Crippen LogP) is 3.06. The summed E-state index contributed by atoms with van der Waals surface area (Å²) in [6, 6.07) is 2.32. The van der Waals surface area contributed by atoms with Crippen molar-refractivity contribution in [3.8, 4) is 0 Å². The van der Waals surface area contributed by atoms with Crippen molar-refractivity contribution >= 4 is 6.09 Å². The number of nitrogens with one attached hydrogen (secondary N) is 1. The highest BCUT2D eigenvalue weighted by Gasteiger charge is 2.24. The van der Waals surface area contributed by atoms with Crippen LogP contribution >= 0.6 is 0 Å². The molecule has 0 saturated heterocycles. The third kappa shape index (κ3) is 6.53. The van der Waals surface area contributed by atoms with Gasteiger partial charge in [-0.2, -0.15) is 5.10 Å². The van der Waals surface area contributed by atoms with Crippen LogP contribution in [0.2, 0.25) is 0 Å². The van der Waals surface area contributed by atoms with Crippen LogP contribution in [0.25, 0.3) is 0 Å². The Hall–Kier alpha value is -1.82. The van der Waals surface area contributed by atoms with Gasteiger partial charge >= 0.3 is 6.09 Å². The number of hydrogen-bond acceptors (Lipinski definition) is 4. The number of aromatic nitrogens is 2. The van der Waals surface area contributed by atoms with Crippen LogP contribution in [0.4, 0.5) is 4.79 Å². The molecule has 0 radical (unpaired) electrons. The lowest BCUT2D eigenvalue weighted by atomic mass is 10.0. The quantitative estimate of drug-likeness (QED) is 0.803. The summed E-state index contributed by atoms with van der Waals surface area (Å²) in [7, 11) is 0. The van der Waals surface area contributed by atoms with Crippen LogP contribution in [0.5, 0.6) is 0 Å². The molecular weight excluding hydrogens is 316 g/mol. The summed E-state index contributed by atoms with van der Waals surface area (Å²) in [6.45, 7) is 13.2. The Morgan fingerprint density at radius 2 is 2.16 bits per heavy atom. The summed E-state index contributed by atoms with van der Waals surface area (Å²) >= 11 is 0. The molecule has 2 heterocycles. The summed E-state index contributed by atoms with van der Waals surface area (Å²) < 4.78 is 7.40. The number of ether oxygens (including phenoxy) is 1. The molecule has 0 spiro atoms. The summed E-state index contributed by atoms with van der Waals surface area (Å²) in [5.74, 6) is 0.520. The topological polar surface area (TPSA) is 59.4 Å². The molecule has 6 heteroatoms. The van der Waals surface area contributed by atoms with E-state index >= 15 is 0 Å². The fraction of sp³-hybridized carbons (Fsp3) is 0.684. The van der Waals surface area contributed by atoms with Gasteiger partial charge in [-0.1, -0.05) is 25.5 Å². The SMILES string of the molecule is CC(C)C(Cn1cccn1)NCC1=CCN(C(=O)OC(C)(C)C)CC1. The molecule has 1 N–H and O–H groups in total. The minimum Gasteiger partial charge on any atom is -0.444 e. The van der Waals surface area contributed by atoms with Crippen LogP contribution in [-0.2, 0) is 11.3 Å². The monoisotopic (exact) mass is 348 g/mol. The fourth-order valence-electron chi connectivity index (χ4n) is 2.75. The lowest BCUT2D eigenvalue weighted by molar-refractivity contribution is 0.0265. The van der Waals surface area contributed by atoms with Gasteiger partial charge in [0, 0.05) is 38.1 Å². The normalized spacial score (nSPS) is 16.7. The molecule has 2 rings (SSSR count). The predicted molar refractivity (Wildman–Crippen MR) is 99.4 cm³/mol. The van der Waals surface area contributed by atoms with E-state index in [1.54, 1.807) is 4.90 Å². The van der Waals surface area contributed by atoms with Gasteiger partial charge in [0.1, 0.15) is 5.60 Å². The van der Waals surface area contributed by atoms with Crippen LogP contribution < -0.4 is 5.32 Å². The van der Waals surface area contributed by atoms with Crippen LogP contribution in [0.3, 0.4) is 0 Å². The Labute approximate surface area is 151 Å². The first-order valence-electron chi connectivity index (χ1n) is 9.11. The molecule has 0 bridgehead atoms. The molecule has 6 nitrogen and oxygen atoms in total. The first-order chi connectivity index (χ1) is 11.7. The average molecular weight is 348 g/mol. The smallest absolute Gasteiger partial charge is 0.410 e. The first kappa shape index (κ1) is 19.5. The molecule has 1 aromatic rings. The average Bonchev–Trinajstić information content (AvgIpc) is 3.03. The van der Waals surface area contributed by atoms with Crippen molar-refractivity contribution in [2.75, 3.05) is 19.6 Å². The van der Waals surface area contributed by atoms with Gasteiger partial charge in [-0.15, -0.1) is 0 Å². The second-order valence-electron chi connectivity index (χ2n) is 8.00. The van der Waals surface area contributed by atoms with Gasteiger partial charge in [0.2, 0.25) is 0 Å². The maximum atomic E-state index is 12.1. The molecule has 1 amide bonds. The number of nitrogens with zero attached hydrogens (tertiary/aromatic N) is 3. The summed E-state index contributed by atoms with van der Waals surface area (Å²) in [5, 5.41) is 7.94. The molecule has 0 saturated carbocycles. The number of amides is 1. The zero-order valence-corrected chi connectivity index (χ0v) is 16.2. The van der Waals surface area contributed by atoms with Crippen molar-refractivity contribution < 1.29 is 9.53 Å². The Balaban J connectivity index is 1.82. The summed E-state index contributed by atoms with van der Waals surface area (Å²) in [4.78, 5) is 13.9. The molecule has 140 valence electrons. The van der Waals surface area contributed by atoms with Crippen molar-refractivity contribution in [3.63, 3.8) is 0 Å². The van der Waals surface area contributed by atoms with Gasteiger partial charge in [-0.05, 0) is 39.2 Å². The highest BCUT2D eigenvalue weighted by Crippen LogP contribution is 2.15. The lowest BCUT2D eigenvalue weighted by Gasteiger charge is -2.30. The Kier molecular flexibility index (Phi) is 6.64. The largest absolute Gasteiger partial charge is 0.444 e. The van der Waals surface area contributed by atoms with Gasteiger partial charge < -0.3 is 15.0 Å². The van der Waals surface area contributed by atoms with E-state index in [0.29, 0.717) is 25.0 Å². The van der Waals surface area contributed by atoms with E-state index in [-0.39, 0.29) is 6.09 Å². The van der Waals surface area contributed by atoms with E-state index in [0.717, 1.165) is 19.5 Å². The molecule has 1 aliphatic rings. The zero-order chi connectivity index (χ0) is 18.4. The highest BCUT2D eigenvalue weighted by molar-refractivity contribution is 5.68. The minimum absolute atomic E-state index is 0.227. The summed E-state index contributed by atoms with van der Waals surface area (Å²) in [6.07, 6.45) is 6.61. The van der Waals surface area contributed by atoms with Crippen molar-refractivity contribution in [1.82, 2.24) is 20.0 Å². The number of carbonyl (C=O) groups excluding carboxylic acids is 1. The van der Waals surface area contributed by atoms with Gasteiger partial charge in [-0.3, -0.25) is 4.68 Å². The number of hydrogen-bond donors (Lipinski definition) is 1.